The van der Waals surface area contributed by atoms with Crippen molar-refractivity contribution in [1.82, 2.24) is 9.88 Å². The van der Waals surface area contributed by atoms with Crippen LogP contribution >= 0.6 is 8.86 Å². The zero-order valence-electron chi connectivity index (χ0n) is 21.9. The third-order valence-corrected chi connectivity index (χ3v) is 6.28. The molecule has 5 nitrogen and oxygen atoms in total. The molecule has 6 heteroatoms. The van der Waals surface area contributed by atoms with Crippen molar-refractivity contribution in [2.75, 3.05) is 44.7 Å². The summed E-state index contributed by atoms with van der Waals surface area (Å²) in [5, 5.41) is 3.40. The minimum atomic E-state index is 0.165. The maximum Gasteiger partial charge on any atom is 0.125 e. The molecule has 3 aromatic rings. The van der Waals surface area contributed by atoms with Crippen LogP contribution in [0.5, 0.6) is 0 Å². The van der Waals surface area contributed by atoms with Crippen LogP contribution in [0.4, 0.5) is 5.82 Å². The molecule has 1 fully saturated rings. The fraction of sp³-hybridized carbons (Fsp3) is 0.400. The second kappa shape index (κ2) is 15.5. The van der Waals surface area contributed by atoms with Gasteiger partial charge < -0.3 is 14.8 Å². The lowest BCUT2D eigenvalue weighted by Gasteiger charge is -2.26. The van der Waals surface area contributed by atoms with Crippen LogP contribution in [0.3, 0.4) is 0 Å². The number of morpholine rings is 1. The van der Waals surface area contributed by atoms with E-state index in [1.807, 2.05) is 31.3 Å². The number of nitrogens with one attached hydrogen (secondary N) is 1. The van der Waals surface area contributed by atoms with Gasteiger partial charge in [-0.05, 0) is 48.6 Å². The quantitative estimate of drug-likeness (QED) is 0.319. The number of ether oxygens (including phenoxy) is 2. The molecule has 0 saturated carbocycles. The molecule has 0 amide bonds. The average Bonchev–Trinajstić information content (AvgIpc) is 2.93. The number of aromatic nitrogens is 1. The number of benzene rings is 2. The van der Waals surface area contributed by atoms with E-state index < -0.39 is 0 Å². The third-order valence-electron chi connectivity index (χ3n) is 6.16. The van der Waals surface area contributed by atoms with E-state index in [0.717, 1.165) is 69.1 Å². The lowest BCUT2D eigenvalue weighted by molar-refractivity contribution is 0.0398. The minimum Gasteiger partial charge on any atom is -0.379 e. The summed E-state index contributed by atoms with van der Waals surface area (Å²) >= 11 is 0. The molecule has 0 bridgehead atoms. The Hall–Kier alpha value is -2.56. The van der Waals surface area contributed by atoms with Gasteiger partial charge in [-0.25, -0.2) is 4.98 Å². The molecule has 1 aromatic heterocycles. The molecule has 2 heterocycles. The number of pyridine rings is 1. The summed E-state index contributed by atoms with van der Waals surface area (Å²) in [4.78, 5) is 6.94. The highest BCUT2D eigenvalue weighted by Crippen LogP contribution is 2.21. The Bertz CT molecular complexity index is 1020. The summed E-state index contributed by atoms with van der Waals surface area (Å²) in [6.07, 6.45) is 4.16. The Kier molecular flexibility index (Phi) is 12.1. The smallest absolute Gasteiger partial charge is 0.125 e. The van der Waals surface area contributed by atoms with Crippen LogP contribution in [0.2, 0.25) is 0 Å². The molecule has 1 aliphatic heterocycles. The van der Waals surface area contributed by atoms with Gasteiger partial charge in [0.2, 0.25) is 0 Å². The van der Waals surface area contributed by atoms with Gasteiger partial charge in [0.25, 0.3) is 0 Å². The van der Waals surface area contributed by atoms with E-state index in [9.17, 15) is 0 Å². The molecular formula is C30H40N3O2P. The van der Waals surface area contributed by atoms with E-state index in [1.165, 1.54) is 16.7 Å². The van der Waals surface area contributed by atoms with Crippen molar-refractivity contribution in [1.29, 1.82) is 0 Å². The predicted octanol–water partition coefficient (Wildman–Crippen LogP) is 6.50. The molecule has 1 aliphatic rings. The molecule has 1 unspecified atom stereocenters. The molecule has 1 saturated heterocycles. The maximum atomic E-state index is 5.62. The first-order chi connectivity index (χ1) is 17.6. The van der Waals surface area contributed by atoms with E-state index in [-0.39, 0.29) is 6.10 Å². The van der Waals surface area contributed by atoms with Crippen molar-refractivity contribution in [2.24, 2.45) is 0 Å². The van der Waals surface area contributed by atoms with Crippen LogP contribution in [-0.2, 0) is 15.9 Å². The standard InChI is InChI=1S/C19H25N3O.C11H15OP/c1-2-16-3-5-17(6-4-16)18-7-8-19(21-15-18)20-9-10-22-11-13-23-14-12-22;1-3-11(12-9(2)13)10-7-5-4-6-8-10/h3-8,15H,2,9-14H2,1H3,(H,20,21);4-8,11,13H,3H2,1-2H3. The Balaban J connectivity index is 0.000000236. The van der Waals surface area contributed by atoms with Gasteiger partial charge in [-0.1, -0.05) is 77.3 Å². The van der Waals surface area contributed by atoms with Crippen molar-refractivity contribution in [2.45, 2.75) is 39.7 Å². The summed E-state index contributed by atoms with van der Waals surface area (Å²) in [7, 11) is 3.36. The topological polar surface area (TPSA) is 46.6 Å². The van der Waals surface area contributed by atoms with Crippen molar-refractivity contribution in [3.8, 4) is 11.1 Å². The summed E-state index contributed by atoms with van der Waals surface area (Å²) in [6, 6.07) is 23.1. The molecule has 36 heavy (non-hydrogen) atoms. The summed E-state index contributed by atoms with van der Waals surface area (Å²) in [6.45, 7) is 11.9. The van der Waals surface area contributed by atoms with Gasteiger partial charge in [-0.3, -0.25) is 4.90 Å². The lowest BCUT2D eigenvalue weighted by atomic mass is 10.0. The normalized spacial score (nSPS) is 14.4. The molecule has 4 rings (SSSR count). The fourth-order valence-electron chi connectivity index (χ4n) is 4.04. The zero-order chi connectivity index (χ0) is 25.6. The van der Waals surface area contributed by atoms with Crippen LogP contribution in [0.1, 0.15) is 44.4 Å². The lowest BCUT2D eigenvalue weighted by Crippen LogP contribution is -2.39. The molecule has 1 atom stereocenters. The Morgan fingerprint density at radius 1 is 1.00 bits per heavy atom. The molecule has 0 radical (unpaired) electrons. The van der Waals surface area contributed by atoms with Crippen molar-refractivity contribution < 1.29 is 9.47 Å². The van der Waals surface area contributed by atoms with Gasteiger partial charge in [-0.2, -0.15) is 0 Å². The number of aryl methyl sites for hydroxylation is 1. The van der Waals surface area contributed by atoms with Gasteiger partial charge in [0.15, 0.2) is 0 Å². The molecule has 0 spiro atoms. The first-order valence-electron chi connectivity index (χ1n) is 12.9. The Morgan fingerprint density at radius 3 is 2.28 bits per heavy atom. The predicted molar refractivity (Wildman–Crippen MR) is 154 cm³/mol. The summed E-state index contributed by atoms with van der Waals surface area (Å²) in [5.41, 5.74) is 5.79. The van der Waals surface area contributed by atoms with Gasteiger partial charge in [0, 0.05) is 37.9 Å². The average molecular weight is 506 g/mol. The van der Waals surface area contributed by atoms with E-state index in [2.05, 4.69) is 86.4 Å². The van der Waals surface area contributed by atoms with E-state index in [1.54, 1.807) is 0 Å². The highest BCUT2D eigenvalue weighted by molar-refractivity contribution is 7.20. The fourth-order valence-corrected chi connectivity index (χ4v) is 4.18. The number of anilines is 1. The molecule has 2 aromatic carbocycles. The van der Waals surface area contributed by atoms with E-state index in [0.29, 0.717) is 0 Å². The maximum absolute atomic E-state index is 5.62. The van der Waals surface area contributed by atoms with Crippen LogP contribution in [0, 0.1) is 0 Å². The van der Waals surface area contributed by atoms with Gasteiger partial charge in [0.1, 0.15) is 5.82 Å². The second-order valence-corrected chi connectivity index (χ2v) is 9.55. The van der Waals surface area contributed by atoms with Crippen molar-refractivity contribution in [3.05, 3.63) is 84.1 Å². The highest BCUT2D eigenvalue weighted by Gasteiger charge is 2.10. The van der Waals surface area contributed by atoms with Gasteiger partial charge >= 0.3 is 0 Å². The summed E-state index contributed by atoms with van der Waals surface area (Å²) in [5.74, 6) is 0.937. The Labute approximate surface area is 219 Å². The monoisotopic (exact) mass is 505 g/mol. The van der Waals surface area contributed by atoms with E-state index >= 15 is 0 Å². The van der Waals surface area contributed by atoms with Gasteiger partial charge in [-0.15, -0.1) is 0 Å². The van der Waals surface area contributed by atoms with Crippen molar-refractivity contribution in [3.63, 3.8) is 0 Å². The zero-order valence-corrected chi connectivity index (χ0v) is 22.9. The van der Waals surface area contributed by atoms with Crippen LogP contribution < -0.4 is 5.32 Å². The Morgan fingerprint density at radius 2 is 1.69 bits per heavy atom. The van der Waals surface area contributed by atoms with E-state index in [4.69, 9.17) is 9.47 Å². The number of hydrogen-bond acceptors (Lipinski definition) is 5. The van der Waals surface area contributed by atoms with Crippen LogP contribution in [0.25, 0.3) is 11.1 Å². The largest absolute Gasteiger partial charge is 0.379 e. The van der Waals surface area contributed by atoms with Gasteiger partial charge in [0.05, 0.1) is 24.8 Å². The van der Waals surface area contributed by atoms with Crippen LogP contribution in [0.15, 0.2) is 72.9 Å². The first kappa shape index (κ1) is 28.0. The third kappa shape index (κ3) is 9.48. The van der Waals surface area contributed by atoms with Crippen LogP contribution in [-0.4, -0.2) is 54.8 Å². The summed E-state index contributed by atoms with van der Waals surface area (Å²) < 4.78 is 11.0. The molecule has 1 N–H and O–H groups in total. The number of rotatable bonds is 10. The first-order valence-corrected chi connectivity index (χ1v) is 13.4. The molecular weight excluding hydrogens is 465 g/mol. The minimum absolute atomic E-state index is 0.165. The number of nitrogens with zero attached hydrogens (tertiary/aromatic N) is 2. The highest BCUT2D eigenvalue weighted by atomic mass is 31.0. The molecule has 0 aliphatic carbocycles. The SMILES string of the molecule is CCC(OC(C)=P)c1ccccc1.CCc1ccc(-c2ccc(NCCN3CCOCC3)nc2)cc1. The number of hydrogen-bond donors (Lipinski definition) is 1. The second-order valence-electron chi connectivity index (χ2n) is 8.84. The van der Waals surface area contributed by atoms with Crippen molar-refractivity contribution >= 4 is 20.2 Å². The molecule has 192 valence electrons.